The van der Waals surface area contributed by atoms with Crippen molar-refractivity contribution in [3.63, 3.8) is 0 Å². The van der Waals surface area contributed by atoms with Crippen molar-refractivity contribution >= 4 is 40.9 Å². The minimum Gasteiger partial charge on any atom is -0.493 e. The van der Waals surface area contributed by atoms with E-state index < -0.39 is 0 Å². The number of methoxy groups -OCH3 is 1. The van der Waals surface area contributed by atoms with Crippen molar-refractivity contribution in [2.45, 2.75) is 37.8 Å². The van der Waals surface area contributed by atoms with E-state index in [4.69, 9.17) is 25.8 Å². The predicted molar refractivity (Wildman–Crippen MR) is 121 cm³/mol. The second-order valence-corrected chi connectivity index (χ2v) is 8.08. The van der Waals surface area contributed by atoms with Gasteiger partial charge in [0.1, 0.15) is 11.5 Å². The zero-order chi connectivity index (χ0) is 21.1. The van der Waals surface area contributed by atoms with E-state index in [0.29, 0.717) is 48.5 Å². The van der Waals surface area contributed by atoms with E-state index in [1.165, 1.54) is 6.33 Å². The van der Waals surface area contributed by atoms with Crippen LogP contribution in [0, 0.1) is 0 Å². The van der Waals surface area contributed by atoms with Crippen LogP contribution in [0.15, 0.2) is 18.5 Å². The van der Waals surface area contributed by atoms with Gasteiger partial charge in [-0.25, -0.2) is 14.8 Å². The van der Waals surface area contributed by atoms with Gasteiger partial charge in [0.15, 0.2) is 11.5 Å². The average molecular weight is 471 g/mol. The number of carbonyl (C=O) groups is 1. The molecule has 0 bridgehead atoms. The normalized spacial score (nSPS) is 21.3. The molecule has 170 valence electrons. The maximum atomic E-state index is 12.7. The molecule has 2 aliphatic rings. The Kier molecular flexibility index (Phi) is 8.02. The second-order valence-electron chi connectivity index (χ2n) is 7.73. The van der Waals surface area contributed by atoms with Crippen LogP contribution < -0.4 is 9.47 Å². The number of nitrogens with zero attached hydrogens (tertiary/aromatic N) is 4. The van der Waals surface area contributed by atoms with Crippen molar-refractivity contribution in [2.24, 2.45) is 0 Å². The van der Waals surface area contributed by atoms with Crippen LogP contribution in [0.1, 0.15) is 25.7 Å². The van der Waals surface area contributed by atoms with Gasteiger partial charge in [-0.1, -0.05) is 11.6 Å². The first-order valence-corrected chi connectivity index (χ1v) is 10.7. The zero-order valence-corrected chi connectivity index (χ0v) is 19.3. The molecule has 1 aliphatic heterocycles. The maximum absolute atomic E-state index is 12.7. The minimum atomic E-state index is 0. The molecule has 0 N–H and O–H groups in total. The van der Waals surface area contributed by atoms with Gasteiger partial charge >= 0.3 is 6.03 Å². The molecule has 2 aromatic rings. The van der Waals surface area contributed by atoms with Gasteiger partial charge in [-0.3, -0.25) is 0 Å². The Morgan fingerprint density at radius 3 is 2.55 bits per heavy atom. The predicted octanol–water partition coefficient (Wildman–Crippen LogP) is 3.79. The third kappa shape index (κ3) is 5.25. The first-order chi connectivity index (χ1) is 14.6. The van der Waals surface area contributed by atoms with Crippen LogP contribution in [0.4, 0.5) is 4.79 Å². The van der Waals surface area contributed by atoms with Gasteiger partial charge in [-0.2, -0.15) is 0 Å². The molecule has 31 heavy (non-hydrogen) atoms. The third-order valence-corrected chi connectivity index (χ3v) is 6.24. The number of carbonyl (C=O) groups excluding carboxylic acids is 1. The molecule has 1 saturated carbocycles. The highest BCUT2D eigenvalue weighted by Crippen LogP contribution is 2.36. The number of rotatable bonds is 4. The number of urea groups is 1. The summed E-state index contributed by atoms with van der Waals surface area (Å²) in [5.41, 5.74) is 0.714. The molecule has 1 aromatic carbocycles. The lowest BCUT2D eigenvalue weighted by Gasteiger charge is -2.38. The molecule has 2 heterocycles. The van der Waals surface area contributed by atoms with E-state index >= 15 is 0 Å². The molecule has 0 radical (unpaired) electrons. The largest absolute Gasteiger partial charge is 0.493 e. The van der Waals surface area contributed by atoms with Crippen LogP contribution in [-0.4, -0.2) is 78.4 Å². The molecule has 2 fully saturated rings. The minimum absolute atomic E-state index is 0. The van der Waals surface area contributed by atoms with E-state index in [-0.39, 0.29) is 30.6 Å². The topological polar surface area (TPSA) is 77.0 Å². The summed E-state index contributed by atoms with van der Waals surface area (Å²) in [5.74, 6) is 1.27. The summed E-state index contributed by atoms with van der Waals surface area (Å²) in [4.78, 5) is 24.8. The summed E-state index contributed by atoms with van der Waals surface area (Å²) in [5, 5.41) is 1.12. The number of fused-ring (bicyclic) bond motifs is 1. The van der Waals surface area contributed by atoms with E-state index in [0.717, 1.165) is 31.1 Å². The molecular weight excluding hydrogens is 443 g/mol. The first kappa shape index (κ1) is 23.6. The SMILES string of the molecule is COc1cc2ncnc(Cl)c2cc1OC1CCC(N(C)C(=O)N2CCOCC2)CC1.Cl. The smallest absolute Gasteiger partial charge is 0.320 e. The molecule has 0 atom stereocenters. The zero-order valence-electron chi connectivity index (χ0n) is 17.8. The number of halogens is 2. The number of benzene rings is 1. The Hall–Kier alpha value is -2.03. The maximum Gasteiger partial charge on any atom is 0.320 e. The molecule has 1 aromatic heterocycles. The van der Waals surface area contributed by atoms with E-state index in [1.54, 1.807) is 7.11 Å². The molecule has 4 rings (SSSR count). The highest BCUT2D eigenvalue weighted by molar-refractivity contribution is 6.34. The lowest BCUT2D eigenvalue weighted by molar-refractivity contribution is 0.0369. The summed E-state index contributed by atoms with van der Waals surface area (Å²) in [7, 11) is 3.51. The lowest BCUT2D eigenvalue weighted by atomic mass is 9.92. The van der Waals surface area contributed by atoms with Crippen LogP contribution in [-0.2, 0) is 4.74 Å². The lowest BCUT2D eigenvalue weighted by Crippen LogP contribution is -2.51. The highest BCUT2D eigenvalue weighted by Gasteiger charge is 2.30. The fourth-order valence-electron chi connectivity index (χ4n) is 4.15. The highest BCUT2D eigenvalue weighted by atomic mass is 35.5. The van der Waals surface area contributed by atoms with E-state index in [2.05, 4.69) is 9.97 Å². The van der Waals surface area contributed by atoms with Crippen molar-refractivity contribution in [1.82, 2.24) is 19.8 Å². The van der Waals surface area contributed by atoms with Crippen LogP contribution in [0.2, 0.25) is 5.15 Å². The summed E-state index contributed by atoms with van der Waals surface area (Å²) < 4.78 is 17.1. The number of aromatic nitrogens is 2. The molecule has 2 amide bonds. The van der Waals surface area contributed by atoms with E-state index in [1.807, 2.05) is 29.0 Å². The van der Waals surface area contributed by atoms with Crippen molar-refractivity contribution in [1.29, 1.82) is 0 Å². The van der Waals surface area contributed by atoms with Crippen molar-refractivity contribution < 1.29 is 19.0 Å². The van der Waals surface area contributed by atoms with Gasteiger partial charge in [0.25, 0.3) is 0 Å². The Balaban J connectivity index is 0.00000272. The Labute approximate surface area is 193 Å². The molecule has 0 spiro atoms. The van der Waals surface area contributed by atoms with Gasteiger partial charge in [0.05, 0.1) is 31.9 Å². The molecule has 8 nitrogen and oxygen atoms in total. The van der Waals surface area contributed by atoms with Crippen LogP contribution in [0.25, 0.3) is 10.9 Å². The molecule has 1 aliphatic carbocycles. The van der Waals surface area contributed by atoms with Crippen LogP contribution in [0.3, 0.4) is 0 Å². The fourth-order valence-corrected chi connectivity index (χ4v) is 4.34. The van der Waals surface area contributed by atoms with Crippen LogP contribution >= 0.6 is 24.0 Å². The molecular formula is C21H28Cl2N4O4. The van der Waals surface area contributed by atoms with Gasteiger partial charge in [-0.05, 0) is 31.7 Å². The first-order valence-electron chi connectivity index (χ1n) is 10.3. The van der Waals surface area contributed by atoms with E-state index in [9.17, 15) is 4.79 Å². The fraction of sp³-hybridized carbons (Fsp3) is 0.571. The molecule has 10 heteroatoms. The molecule has 1 saturated heterocycles. The number of hydrogen-bond acceptors (Lipinski definition) is 6. The third-order valence-electron chi connectivity index (χ3n) is 5.94. The van der Waals surface area contributed by atoms with Gasteiger partial charge in [-0.15, -0.1) is 12.4 Å². The number of hydrogen-bond donors (Lipinski definition) is 0. The number of amides is 2. The molecule has 0 unspecified atom stereocenters. The monoisotopic (exact) mass is 470 g/mol. The average Bonchev–Trinajstić information content (AvgIpc) is 2.79. The second kappa shape index (κ2) is 10.5. The van der Waals surface area contributed by atoms with Crippen molar-refractivity contribution in [3.05, 3.63) is 23.6 Å². The summed E-state index contributed by atoms with van der Waals surface area (Å²) in [6.07, 6.45) is 5.02. The summed E-state index contributed by atoms with van der Waals surface area (Å²) >= 11 is 6.22. The standard InChI is InChI=1S/C21H27ClN4O4.ClH/c1-25(21(27)26-7-9-29-10-8-26)14-3-5-15(6-4-14)30-19-11-16-17(12-18(19)28-2)23-13-24-20(16)22;/h11-15H,3-10H2,1-2H3;1H. The Morgan fingerprint density at radius 1 is 1.16 bits per heavy atom. The number of ether oxygens (including phenoxy) is 3. The quantitative estimate of drug-likeness (QED) is 0.632. The van der Waals surface area contributed by atoms with Crippen molar-refractivity contribution in [2.75, 3.05) is 40.5 Å². The Bertz CT molecular complexity index is 902. The Morgan fingerprint density at radius 2 is 1.87 bits per heavy atom. The summed E-state index contributed by atoms with van der Waals surface area (Å²) in [6, 6.07) is 3.98. The summed E-state index contributed by atoms with van der Waals surface area (Å²) in [6.45, 7) is 2.55. The number of morpholine rings is 1. The van der Waals surface area contributed by atoms with Crippen LogP contribution in [0.5, 0.6) is 11.5 Å². The van der Waals surface area contributed by atoms with Gasteiger partial charge < -0.3 is 24.0 Å². The van der Waals surface area contributed by atoms with Crippen molar-refractivity contribution in [3.8, 4) is 11.5 Å². The van der Waals surface area contributed by atoms with Gasteiger partial charge in [0.2, 0.25) is 0 Å². The van der Waals surface area contributed by atoms with Gasteiger partial charge in [0, 0.05) is 37.6 Å².